The van der Waals surface area contributed by atoms with Gasteiger partial charge in [0.1, 0.15) is 0 Å². The van der Waals surface area contributed by atoms with Gasteiger partial charge in [-0.3, -0.25) is 14.6 Å². The van der Waals surface area contributed by atoms with Crippen LogP contribution in [0.1, 0.15) is 59.7 Å². The number of hydrogen-bond donors (Lipinski definition) is 2. The lowest BCUT2D eigenvalue weighted by atomic mass is 9.97. The monoisotopic (exact) mass is 363 g/mol. The molecule has 0 saturated heterocycles. The first-order chi connectivity index (χ1) is 13.1. The molecule has 1 aliphatic rings. The Morgan fingerprint density at radius 3 is 2.70 bits per heavy atom. The highest BCUT2D eigenvalue weighted by Crippen LogP contribution is 2.20. The summed E-state index contributed by atoms with van der Waals surface area (Å²) in [6.07, 6.45) is 11.6. The van der Waals surface area contributed by atoms with E-state index < -0.39 is 0 Å². The summed E-state index contributed by atoms with van der Waals surface area (Å²) < 4.78 is 0. The number of amides is 1. The zero-order valence-corrected chi connectivity index (χ0v) is 15.6. The van der Waals surface area contributed by atoms with E-state index in [4.69, 9.17) is 0 Å². The van der Waals surface area contributed by atoms with Gasteiger partial charge in [-0.05, 0) is 57.2 Å². The Morgan fingerprint density at radius 1 is 1.07 bits per heavy atom. The van der Waals surface area contributed by atoms with Gasteiger partial charge in [-0.1, -0.05) is 23.8 Å². The van der Waals surface area contributed by atoms with Gasteiger partial charge in [-0.15, -0.1) is 0 Å². The number of anilines is 2. The summed E-state index contributed by atoms with van der Waals surface area (Å²) in [6, 6.07) is 8.71. The number of nitrogens with zero attached hydrogens (tertiary/aromatic N) is 1. The molecule has 0 spiro atoms. The third-order valence-electron chi connectivity index (χ3n) is 4.69. The number of carbonyl (C=O) groups is 2. The van der Waals surface area contributed by atoms with Gasteiger partial charge in [0.25, 0.3) is 5.91 Å². The van der Waals surface area contributed by atoms with E-state index in [2.05, 4.69) is 21.7 Å². The maximum absolute atomic E-state index is 12.5. The molecule has 2 N–H and O–H groups in total. The Morgan fingerprint density at radius 2 is 1.93 bits per heavy atom. The minimum absolute atomic E-state index is 0.0351. The Hall–Kier alpha value is -2.95. The molecule has 5 heteroatoms. The number of Topliss-reactive ketones (excluding diaryl/α,β-unsaturated/α-hetero) is 1. The molecule has 0 atom stereocenters. The van der Waals surface area contributed by atoms with E-state index in [9.17, 15) is 9.59 Å². The van der Waals surface area contributed by atoms with Crippen LogP contribution < -0.4 is 10.6 Å². The molecule has 2 aromatic rings. The maximum Gasteiger partial charge on any atom is 0.257 e. The van der Waals surface area contributed by atoms with Crippen molar-refractivity contribution in [2.75, 3.05) is 17.2 Å². The van der Waals surface area contributed by atoms with Gasteiger partial charge in [-0.25, -0.2) is 0 Å². The number of pyridine rings is 1. The first-order valence-corrected chi connectivity index (χ1v) is 9.41. The minimum atomic E-state index is -0.248. The van der Waals surface area contributed by atoms with E-state index in [1.165, 1.54) is 38.2 Å². The summed E-state index contributed by atoms with van der Waals surface area (Å²) in [5.74, 6) is -0.283. The Balaban J connectivity index is 1.59. The third kappa shape index (κ3) is 5.51. The molecule has 0 radical (unpaired) electrons. The molecule has 1 heterocycles. The van der Waals surface area contributed by atoms with Crippen LogP contribution in [-0.2, 0) is 0 Å². The lowest BCUT2D eigenvalue weighted by Crippen LogP contribution is -2.13. The van der Waals surface area contributed by atoms with Crippen LogP contribution in [0.4, 0.5) is 11.4 Å². The number of rotatable bonds is 7. The molecule has 1 aromatic heterocycles. The topological polar surface area (TPSA) is 71.1 Å². The molecule has 0 saturated carbocycles. The van der Waals surface area contributed by atoms with Crippen molar-refractivity contribution in [2.45, 2.75) is 39.0 Å². The van der Waals surface area contributed by atoms with Crippen LogP contribution >= 0.6 is 0 Å². The van der Waals surface area contributed by atoms with Crippen molar-refractivity contribution in [1.29, 1.82) is 0 Å². The number of carbonyl (C=O) groups excluding carboxylic acids is 2. The SMILES string of the molecule is CC(=O)c1cccc(NC(=O)c2cncc(NCCC3=CCCCC3)c2)c1. The molecular formula is C22H25N3O2. The van der Waals surface area contributed by atoms with Gasteiger partial charge in [0.15, 0.2) is 5.78 Å². The molecule has 1 aliphatic carbocycles. The zero-order chi connectivity index (χ0) is 19.1. The highest BCUT2D eigenvalue weighted by Gasteiger charge is 2.09. The number of allylic oxidation sites excluding steroid dienone is 1. The normalized spacial score (nSPS) is 13.6. The summed E-state index contributed by atoms with van der Waals surface area (Å²) in [5.41, 5.74) is 3.98. The summed E-state index contributed by atoms with van der Waals surface area (Å²) in [7, 11) is 0. The largest absolute Gasteiger partial charge is 0.383 e. The predicted molar refractivity (Wildman–Crippen MR) is 108 cm³/mol. The van der Waals surface area contributed by atoms with Crippen molar-refractivity contribution in [3.05, 3.63) is 65.5 Å². The number of benzene rings is 1. The Labute approximate surface area is 159 Å². The lowest BCUT2D eigenvalue weighted by Gasteiger charge is -2.13. The number of ketones is 1. The standard InChI is InChI=1S/C22H25N3O2/c1-16(26)18-8-5-9-20(12-18)25-22(27)19-13-21(15-23-14-19)24-11-10-17-6-3-2-4-7-17/h5-6,8-9,12-15,24H,2-4,7,10-11H2,1H3,(H,25,27). The molecule has 1 aromatic carbocycles. The predicted octanol–water partition coefficient (Wildman–Crippen LogP) is 4.84. The van der Waals surface area contributed by atoms with Gasteiger partial charge < -0.3 is 10.6 Å². The smallest absolute Gasteiger partial charge is 0.257 e. The summed E-state index contributed by atoms with van der Waals surface area (Å²) in [5, 5.41) is 6.17. The van der Waals surface area contributed by atoms with E-state index in [1.807, 2.05) is 0 Å². The van der Waals surface area contributed by atoms with Crippen LogP contribution in [0.2, 0.25) is 0 Å². The maximum atomic E-state index is 12.5. The molecule has 5 nitrogen and oxygen atoms in total. The fraction of sp³-hybridized carbons (Fsp3) is 0.318. The van der Waals surface area contributed by atoms with Crippen LogP contribution in [0.5, 0.6) is 0 Å². The van der Waals surface area contributed by atoms with E-state index in [1.54, 1.807) is 42.7 Å². The molecule has 3 rings (SSSR count). The van der Waals surface area contributed by atoms with Gasteiger partial charge in [-0.2, -0.15) is 0 Å². The van der Waals surface area contributed by atoms with E-state index in [0.29, 0.717) is 16.8 Å². The molecule has 0 unspecified atom stereocenters. The fourth-order valence-corrected chi connectivity index (χ4v) is 3.18. The van der Waals surface area contributed by atoms with Crippen LogP contribution in [0, 0.1) is 0 Å². The van der Waals surface area contributed by atoms with Crippen molar-refractivity contribution < 1.29 is 9.59 Å². The Kier molecular flexibility index (Phi) is 6.36. The molecule has 27 heavy (non-hydrogen) atoms. The van der Waals surface area contributed by atoms with E-state index in [-0.39, 0.29) is 11.7 Å². The number of aromatic nitrogens is 1. The van der Waals surface area contributed by atoms with Crippen molar-refractivity contribution in [3.63, 3.8) is 0 Å². The van der Waals surface area contributed by atoms with Crippen molar-refractivity contribution in [2.24, 2.45) is 0 Å². The number of hydrogen-bond acceptors (Lipinski definition) is 4. The first-order valence-electron chi connectivity index (χ1n) is 9.41. The fourth-order valence-electron chi connectivity index (χ4n) is 3.18. The van der Waals surface area contributed by atoms with Gasteiger partial charge in [0.2, 0.25) is 0 Å². The average Bonchev–Trinajstić information content (AvgIpc) is 2.69. The van der Waals surface area contributed by atoms with Gasteiger partial charge >= 0.3 is 0 Å². The lowest BCUT2D eigenvalue weighted by molar-refractivity contribution is 0.101. The second kappa shape index (κ2) is 9.12. The summed E-state index contributed by atoms with van der Waals surface area (Å²) in [4.78, 5) is 28.1. The summed E-state index contributed by atoms with van der Waals surface area (Å²) in [6.45, 7) is 2.34. The molecule has 0 fully saturated rings. The minimum Gasteiger partial charge on any atom is -0.383 e. The van der Waals surface area contributed by atoms with Crippen molar-refractivity contribution in [3.8, 4) is 0 Å². The second-order valence-corrected chi connectivity index (χ2v) is 6.84. The molecule has 140 valence electrons. The zero-order valence-electron chi connectivity index (χ0n) is 15.6. The molecule has 0 bridgehead atoms. The van der Waals surface area contributed by atoms with Crippen molar-refractivity contribution >= 4 is 23.1 Å². The molecular weight excluding hydrogens is 338 g/mol. The van der Waals surface area contributed by atoms with E-state index in [0.717, 1.165) is 18.7 Å². The van der Waals surface area contributed by atoms with Crippen LogP contribution in [0.3, 0.4) is 0 Å². The third-order valence-corrected chi connectivity index (χ3v) is 4.69. The average molecular weight is 363 g/mol. The molecule has 0 aliphatic heterocycles. The van der Waals surface area contributed by atoms with E-state index >= 15 is 0 Å². The summed E-state index contributed by atoms with van der Waals surface area (Å²) >= 11 is 0. The first kappa shape index (κ1) is 18.8. The van der Waals surface area contributed by atoms with Gasteiger partial charge in [0.05, 0.1) is 11.3 Å². The van der Waals surface area contributed by atoms with Crippen LogP contribution in [-0.4, -0.2) is 23.2 Å². The highest BCUT2D eigenvalue weighted by atomic mass is 16.1. The quantitative estimate of drug-likeness (QED) is 0.545. The number of nitrogens with one attached hydrogen (secondary N) is 2. The Bertz CT molecular complexity index is 858. The van der Waals surface area contributed by atoms with Crippen molar-refractivity contribution in [1.82, 2.24) is 4.98 Å². The van der Waals surface area contributed by atoms with Crippen LogP contribution in [0.15, 0.2) is 54.4 Å². The van der Waals surface area contributed by atoms with Gasteiger partial charge in [0, 0.05) is 30.2 Å². The second-order valence-electron chi connectivity index (χ2n) is 6.84. The highest BCUT2D eigenvalue weighted by molar-refractivity contribution is 6.05. The molecule has 1 amide bonds. The van der Waals surface area contributed by atoms with Crippen LogP contribution in [0.25, 0.3) is 0 Å².